The maximum atomic E-state index is 11.5. The summed E-state index contributed by atoms with van der Waals surface area (Å²) in [5.74, 6) is 0.189. The third-order valence-corrected chi connectivity index (χ3v) is 2.72. The van der Waals surface area contributed by atoms with E-state index in [0.717, 1.165) is 24.2 Å². The van der Waals surface area contributed by atoms with E-state index in [2.05, 4.69) is 16.0 Å². The van der Waals surface area contributed by atoms with Gasteiger partial charge in [-0.2, -0.15) is 0 Å². The van der Waals surface area contributed by atoms with Crippen molar-refractivity contribution in [3.8, 4) is 0 Å². The molecule has 5 heteroatoms. The van der Waals surface area contributed by atoms with Crippen molar-refractivity contribution in [3.05, 3.63) is 24.3 Å². The van der Waals surface area contributed by atoms with Crippen LogP contribution < -0.4 is 16.0 Å². The van der Waals surface area contributed by atoms with Crippen molar-refractivity contribution in [1.29, 1.82) is 0 Å². The van der Waals surface area contributed by atoms with Crippen molar-refractivity contribution < 1.29 is 9.59 Å². The molecule has 0 saturated heterocycles. The van der Waals surface area contributed by atoms with Crippen LogP contribution in [0, 0.1) is 5.92 Å². The topological polar surface area (TPSA) is 70.2 Å². The minimum absolute atomic E-state index is 0.0852. The molecule has 96 valence electrons. The Kier molecular flexibility index (Phi) is 3.94. The predicted octanol–water partition coefficient (Wildman–Crippen LogP) is 1.19. The molecule has 1 aromatic carbocycles. The standard InChI is InChI=1S/C13H17N3O2/c1-14-8-12(17)15-10-4-6-11(7-5-10)16-13(18)9-2-3-9/h4-7,9,14H,2-3,8H2,1H3,(H,15,17)(H,16,18). The second-order valence-electron chi connectivity index (χ2n) is 4.42. The van der Waals surface area contributed by atoms with Gasteiger partial charge in [-0.15, -0.1) is 0 Å². The Morgan fingerprint density at radius 2 is 1.67 bits per heavy atom. The zero-order valence-electron chi connectivity index (χ0n) is 10.3. The summed E-state index contributed by atoms with van der Waals surface area (Å²) in [6.07, 6.45) is 1.98. The van der Waals surface area contributed by atoms with Crippen molar-refractivity contribution in [2.24, 2.45) is 5.92 Å². The van der Waals surface area contributed by atoms with Gasteiger partial charge in [0.05, 0.1) is 6.54 Å². The molecule has 1 aromatic rings. The molecule has 0 atom stereocenters. The van der Waals surface area contributed by atoms with E-state index in [4.69, 9.17) is 0 Å². The van der Waals surface area contributed by atoms with Crippen LogP contribution in [0.25, 0.3) is 0 Å². The summed E-state index contributed by atoms with van der Waals surface area (Å²) in [5, 5.41) is 8.37. The fraction of sp³-hybridized carbons (Fsp3) is 0.385. The van der Waals surface area contributed by atoms with Gasteiger partial charge in [-0.3, -0.25) is 9.59 Å². The minimum Gasteiger partial charge on any atom is -0.326 e. The molecule has 0 heterocycles. The summed E-state index contributed by atoms with van der Waals surface area (Å²) < 4.78 is 0. The monoisotopic (exact) mass is 247 g/mol. The second kappa shape index (κ2) is 5.64. The van der Waals surface area contributed by atoms with Crippen molar-refractivity contribution in [2.45, 2.75) is 12.8 Å². The molecule has 2 amide bonds. The highest BCUT2D eigenvalue weighted by Gasteiger charge is 2.29. The third-order valence-electron chi connectivity index (χ3n) is 2.72. The summed E-state index contributed by atoms with van der Waals surface area (Å²) in [6.45, 7) is 0.278. The smallest absolute Gasteiger partial charge is 0.238 e. The van der Waals surface area contributed by atoms with Crippen LogP contribution in [0.5, 0.6) is 0 Å². The highest BCUT2D eigenvalue weighted by atomic mass is 16.2. The van der Waals surface area contributed by atoms with Gasteiger partial charge in [-0.1, -0.05) is 0 Å². The Morgan fingerprint density at radius 1 is 1.11 bits per heavy atom. The summed E-state index contributed by atoms with van der Waals surface area (Å²) in [5.41, 5.74) is 1.48. The van der Waals surface area contributed by atoms with E-state index in [0.29, 0.717) is 0 Å². The Hall–Kier alpha value is -1.88. The summed E-state index contributed by atoms with van der Waals surface area (Å²) >= 11 is 0. The molecule has 1 saturated carbocycles. The first-order valence-electron chi connectivity index (χ1n) is 6.04. The molecule has 18 heavy (non-hydrogen) atoms. The molecule has 0 radical (unpaired) electrons. The van der Waals surface area contributed by atoms with Gasteiger partial charge >= 0.3 is 0 Å². The van der Waals surface area contributed by atoms with Crippen LogP contribution in [0.4, 0.5) is 11.4 Å². The van der Waals surface area contributed by atoms with Crippen LogP contribution >= 0.6 is 0 Å². The van der Waals surface area contributed by atoms with E-state index < -0.39 is 0 Å². The molecule has 1 aliphatic rings. The average molecular weight is 247 g/mol. The van der Waals surface area contributed by atoms with E-state index in [1.807, 2.05) is 0 Å². The van der Waals surface area contributed by atoms with E-state index in [9.17, 15) is 9.59 Å². The van der Waals surface area contributed by atoms with E-state index in [1.54, 1.807) is 31.3 Å². The predicted molar refractivity (Wildman–Crippen MR) is 70.4 cm³/mol. The Balaban J connectivity index is 1.88. The SMILES string of the molecule is CNCC(=O)Nc1ccc(NC(=O)C2CC2)cc1. The van der Waals surface area contributed by atoms with Crippen molar-refractivity contribution in [3.63, 3.8) is 0 Å². The Labute approximate surface area is 106 Å². The van der Waals surface area contributed by atoms with Crippen LogP contribution in [0.15, 0.2) is 24.3 Å². The summed E-state index contributed by atoms with van der Waals surface area (Å²) in [6, 6.07) is 7.12. The molecule has 0 bridgehead atoms. The summed E-state index contributed by atoms with van der Waals surface area (Å²) in [7, 11) is 1.72. The Bertz CT molecular complexity index is 438. The first-order valence-corrected chi connectivity index (χ1v) is 6.04. The maximum Gasteiger partial charge on any atom is 0.238 e. The van der Waals surface area contributed by atoms with Gasteiger partial charge in [0.25, 0.3) is 0 Å². The molecule has 2 rings (SSSR count). The van der Waals surface area contributed by atoms with Crippen LogP contribution in [-0.2, 0) is 9.59 Å². The van der Waals surface area contributed by atoms with Crippen LogP contribution in [0.3, 0.4) is 0 Å². The number of carbonyl (C=O) groups is 2. The highest BCUT2D eigenvalue weighted by molar-refractivity contribution is 5.95. The second-order valence-corrected chi connectivity index (χ2v) is 4.42. The maximum absolute atomic E-state index is 11.5. The molecule has 1 aliphatic carbocycles. The lowest BCUT2D eigenvalue weighted by Gasteiger charge is -2.07. The van der Waals surface area contributed by atoms with Gasteiger partial charge in [0.2, 0.25) is 11.8 Å². The third kappa shape index (κ3) is 3.56. The molecule has 0 unspecified atom stereocenters. The number of anilines is 2. The van der Waals surface area contributed by atoms with Crippen LogP contribution in [0.2, 0.25) is 0 Å². The zero-order valence-corrected chi connectivity index (χ0v) is 10.3. The van der Waals surface area contributed by atoms with Crippen LogP contribution in [0.1, 0.15) is 12.8 Å². The quantitative estimate of drug-likeness (QED) is 0.732. The number of nitrogens with one attached hydrogen (secondary N) is 3. The van der Waals surface area contributed by atoms with Gasteiger partial charge in [0.15, 0.2) is 0 Å². The molecule has 0 spiro atoms. The molecule has 5 nitrogen and oxygen atoms in total. The fourth-order valence-corrected chi connectivity index (χ4v) is 1.59. The number of benzene rings is 1. The van der Waals surface area contributed by atoms with Crippen molar-refractivity contribution >= 4 is 23.2 Å². The van der Waals surface area contributed by atoms with E-state index in [1.165, 1.54) is 0 Å². The minimum atomic E-state index is -0.0905. The number of hydrogen-bond donors (Lipinski definition) is 3. The van der Waals surface area contributed by atoms with Gasteiger partial charge in [0.1, 0.15) is 0 Å². The van der Waals surface area contributed by atoms with E-state index >= 15 is 0 Å². The summed E-state index contributed by atoms with van der Waals surface area (Å²) in [4.78, 5) is 22.9. The molecule has 3 N–H and O–H groups in total. The average Bonchev–Trinajstić information content (AvgIpc) is 3.16. The highest BCUT2D eigenvalue weighted by Crippen LogP contribution is 2.30. The number of rotatable bonds is 5. The lowest BCUT2D eigenvalue weighted by atomic mass is 10.2. The van der Waals surface area contributed by atoms with Gasteiger partial charge in [-0.25, -0.2) is 0 Å². The largest absolute Gasteiger partial charge is 0.326 e. The first kappa shape index (κ1) is 12.6. The lowest BCUT2D eigenvalue weighted by molar-refractivity contribution is -0.117. The number of likely N-dealkylation sites (N-methyl/N-ethyl adjacent to an activating group) is 1. The van der Waals surface area contributed by atoms with Crippen molar-refractivity contribution in [1.82, 2.24) is 5.32 Å². The zero-order chi connectivity index (χ0) is 13.0. The number of carbonyl (C=O) groups excluding carboxylic acids is 2. The van der Waals surface area contributed by atoms with Gasteiger partial charge in [-0.05, 0) is 44.2 Å². The lowest BCUT2D eigenvalue weighted by Crippen LogP contribution is -2.25. The van der Waals surface area contributed by atoms with E-state index in [-0.39, 0.29) is 24.3 Å². The molecule has 0 aromatic heterocycles. The van der Waals surface area contributed by atoms with Crippen LogP contribution in [-0.4, -0.2) is 25.4 Å². The van der Waals surface area contributed by atoms with Gasteiger partial charge < -0.3 is 16.0 Å². The fourth-order valence-electron chi connectivity index (χ4n) is 1.59. The number of hydrogen-bond acceptors (Lipinski definition) is 3. The Morgan fingerprint density at radius 3 is 2.17 bits per heavy atom. The normalized spacial score (nSPS) is 14.1. The molecular formula is C13H17N3O2. The van der Waals surface area contributed by atoms with Crippen molar-refractivity contribution in [2.75, 3.05) is 24.2 Å². The molecular weight excluding hydrogens is 230 g/mol. The molecule has 0 aliphatic heterocycles. The molecule has 1 fully saturated rings. The van der Waals surface area contributed by atoms with Gasteiger partial charge in [0, 0.05) is 17.3 Å². The number of amides is 2. The first-order chi connectivity index (χ1) is 8.69.